The summed E-state index contributed by atoms with van der Waals surface area (Å²) in [5, 5.41) is 0. The first-order valence-electron chi connectivity index (χ1n) is 8.02. The van der Waals surface area contributed by atoms with Gasteiger partial charge in [0.25, 0.3) is 0 Å². The number of likely N-dealkylation sites (tertiary alicyclic amines) is 1. The van der Waals surface area contributed by atoms with Crippen molar-refractivity contribution in [3.8, 4) is 11.5 Å². The van der Waals surface area contributed by atoms with E-state index in [1.807, 2.05) is 24.0 Å². The van der Waals surface area contributed by atoms with E-state index in [1.54, 1.807) is 11.8 Å². The molecule has 0 saturated carbocycles. The van der Waals surface area contributed by atoms with E-state index < -0.39 is 0 Å². The molecule has 1 aliphatic rings. The van der Waals surface area contributed by atoms with Gasteiger partial charge in [-0.25, -0.2) is 4.98 Å². The molecular formula is C18H22N2O2S. The predicted octanol–water partition coefficient (Wildman–Crippen LogP) is 3.81. The molecule has 23 heavy (non-hydrogen) atoms. The molecule has 0 aliphatic carbocycles. The van der Waals surface area contributed by atoms with E-state index in [4.69, 9.17) is 4.42 Å². The van der Waals surface area contributed by atoms with Gasteiger partial charge in [-0.15, -0.1) is 11.8 Å². The Labute approximate surface area is 141 Å². The van der Waals surface area contributed by atoms with Crippen LogP contribution >= 0.6 is 11.8 Å². The van der Waals surface area contributed by atoms with Gasteiger partial charge in [0.15, 0.2) is 0 Å². The molecule has 4 nitrogen and oxygen atoms in total. The fraction of sp³-hybridized carbons (Fsp3) is 0.444. The zero-order valence-electron chi connectivity index (χ0n) is 13.7. The molecule has 5 heteroatoms. The lowest BCUT2D eigenvalue weighted by Gasteiger charge is -2.14. The largest absolute Gasteiger partial charge is 0.441 e. The fourth-order valence-electron chi connectivity index (χ4n) is 2.76. The van der Waals surface area contributed by atoms with Crippen LogP contribution in [0.1, 0.15) is 29.9 Å². The summed E-state index contributed by atoms with van der Waals surface area (Å²) in [6, 6.07) is 8.14. The third-order valence-electron chi connectivity index (χ3n) is 4.08. The number of thioether (sulfide) groups is 1. The van der Waals surface area contributed by atoms with Crippen molar-refractivity contribution in [2.45, 2.75) is 32.4 Å². The van der Waals surface area contributed by atoms with Crippen LogP contribution in [0.25, 0.3) is 11.5 Å². The number of carbonyl (C=O) groups excluding carboxylic acids is 1. The second kappa shape index (κ2) is 7.21. The molecule has 2 aromatic rings. The zero-order chi connectivity index (χ0) is 16.2. The van der Waals surface area contributed by atoms with E-state index in [-0.39, 0.29) is 5.91 Å². The van der Waals surface area contributed by atoms with E-state index in [9.17, 15) is 4.79 Å². The van der Waals surface area contributed by atoms with Crippen LogP contribution in [-0.4, -0.2) is 34.6 Å². The first-order valence-corrected chi connectivity index (χ1v) is 9.18. The SMILES string of the molecule is Cc1cccc(-c2nc(CSCC(=O)N3CCCC3)c(C)o2)c1. The van der Waals surface area contributed by atoms with Gasteiger partial charge >= 0.3 is 0 Å². The number of carbonyl (C=O) groups is 1. The summed E-state index contributed by atoms with van der Waals surface area (Å²) in [7, 11) is 0. The summed E-state index contributed by atoms with van der Waals surface area (Å²) in [6.45, 7) is 5.82. The quantitative estimate of drug-likeness (QED) is 0.836. The van der Waals surface area contributed by atoms with Crippen molar-refractivity contribution < 1.29 is 9.21 Å². The molecule has 1 saturated heterocycles. The molecule has 1 amide bonds. The maximum atomic E-state index is 12.0. The lowest BCUT2D eigenvalue weighted by molar-refractivity contribution is -0.127. The minimum atomic E-state index is 0.243. The average Bonchev–Trinajstić information content (AvgIpc) is 3.18. The third kappa shape index (κ3) is 3.96. The molecule has 2 heterocycles. The summed E-state index contributed by atoms with van der Waals surface area (Å²) in [6.07, 6.45) is 2.28. The molecule has 1 aromatic carbocycles. The predicted molar refractivity (Wildman–Crippen MR) is 93.4 cm³/mol. The number of aromatic nitrogens is 1. The van der Waals surface area contributed by atoms with Gasteiger partial charge in [-0.1, -0.05) is 17.7 Å². The van der Waals surface area contributed by atoms with Crippen molar-refractivity contribution in [2.24, 2.45) is 0 Å². The summed E-state index contributed by atoms with van der Waals surface area (Å²) in [5.74, 6) is 2.97. The second-order valence-corrected chi connectivity index (χ2v) is 6.96. The first-order chi connectivity index (χ1) is 11.1. The number of nitrogens with zero attached hydrogens (tertiary/aromatic N) is 2. The van der Waals surface area contributed by atoms with Gasteiger partial charge < -0.3 is 9.32 Å². The number of oxazole rings is 1. The minimum absolute atomic E-state index is 0.243. The average molecular weight is 330 g/mol. The number of rotatable bonds is 5. The van der Waals surface area contributed by atoms with Crippen LogP contribution in [0.15, 0.2) is 28.7 Å². The second-order valence-electron chi connectivity index (χ2n) is 5.97. The zero-order valence-corrected chi connectivity index (χ0v) is 14.5. The Hall–Kier alpha value is -1.75. The third-order valence-corrected chi connectivity index (χ3v) is 5.01. The maximum absolute atomic E-state index is 12.0. The minimum Gasteiger partial charge on any atom is -0.441 e. The van der Waals surface area contributed by atoms with Crippen LogP contribution in [0.2, 0.25) is 0 Å². The summed E-state index contributed by atoms with van der Waals surface area (Å²) in [5.41, 5.74) is 3.11. The Morgan fingerprint density at radius 3 is 2.83 bits per heavy atom. The monoisotopic (exact) mass is 330 g/mol. The van der Waals surface area contributed by atoms with Crippen molar-refractivity contribution in [3.05, 3.63) is 41.3 Å². The molecule has 0 spiro atoms. The van der Waals surface area contributed by atoms with E-state index in [1.165, 1.54) is 5.56 Å². The van der Waals surface area contributed by atoms with Gasteiger partial charge in [0.05, 0.1) is 11.4 Å². The first kappa shape index (κ1) is 16.1. The highest BCUT2D eigenvalue weighted by Crippen LogP contribution is 2.25. The molecule has 1 aromatic heterocycles. The van der Waals surface area contributed by atoms with Crippen LogP contribution in [-0.2, 0) is 10.5 Å². The maximum Gasteiger partial charge on any atom is 0.232 e. The van der Waals surface area contributed by atoms with Gasteiger partial charge in [-0.2, -0.15) is 0 Å². The number of hydrogen-bond acceptors (Lipinski definition) is 4. The molecular weight excluding hydrogens is 308 g/mol. The lowest BCUT2D eigenvalue weighted by Crippen LogP contribution is -2.29. The summed E-state index contributed by atoms with van der Waals surface area (Å²) < 4.78 is 5.79. The van der Waals surface area contributed by atoms with Gasteiger partial charge in [0.2, 0.25) is 11.8 Å². The van der Waals surface area contributed by atoms with Crippen LogP contribution < -0.4 is 0 Å². The lowest BCUT2D eigenvalue weighted by atomic mass is 10.1. The standard InChI is InChI=1S/C18H22N2O2S/c1-13-6-5-7-15(10-13)18-19-16(14(2)22-18)11-23-12-17(21)20-8-3-4-9-20/h5-7,10H,3-4,8-9,11-12H2,1-2H3. The van der Waals surface area contributed by atoms with E-state index in [2.05, 4.69) is 24.0 Å². The van der Waals surface area contributed by atoms with Gasteiger partial charge in [-0.3, -0.25) is 4.79 Å². The normalized spacial score (nSPS) is 14.4. The number of aryl methyl sites for hydroxylation is 2. The van der Waals surface area contributed by atoms with Crippen molar-refractivity contribution >= 4 is 17.7 Å². The van der Waals surface area contributed by atoms with Crippen LogP contribution in [0.4, 0.5) is 0 Å². The molecule has 0 bridgehead atoms. The van der Waals surface area contributed by atoms with Gasteiger partial charge in [0.1, 0.15) is 5.76 Å². The highest BCUT2D eigenvalue weighted by Gasteiger charge is 2.18. The van der Waals surface area contributed by atoms with E-state index >= 15 is 0 Å². The topological polar surface area (TPSA) is 46.3 Å². The number of amides is 1. The highest BCUT2D eigenvalue weighted by molar-refractivity contribution is 7.99. The molecule has 0 unspecified atom stereocenters. The van der Waals surface area contributed by atoms with Crippen LogP contribution in [0.5, 0.6) is 0 Å². The van der Waals surface area contributed by atoms with Crippen molar-refractivity contribution in [1.29, 1.82) is 0 Å². The Balaban J connectivity index is 1.59. The van der Waals surface area contributed by atoms with E-state index in [0.29, 0.717) is 17.4 Å². The van der Waals surface area contributed by atoms with Crippen LogP contribution in [0, 0.1) is 13.8 Å². The fourth-order valence-corrected chi connectivity index (χ4v) is 3.68. The van der Waals surface area contributed by atoms with E-state index in [0.717, 1.165) is 42.9 Å². The molecule has 0 atom stereocenters. The Kier molecular flexibility index (Phi) is 5.06. The Morgan fingerprint density at radius 2 is 2.09 bits per heavy atom. The molecule has 1 aliphatic heterocycles. The number of hydrogen-bond donors (Lipinski definition) is 0. The summed E-state index contributed by atoms with van der Waals surface area (Å²) >= 11 is 1.61. The molecule has 0 N–H and O–H groups in total. The van der Waals surface area contributed by atoms with Crippen LogP contribution in [0.3, 0.4) is 0 Å². The Bertz CT molecular complexity index is 690. The molecule has 3 rings (SSSR count). The van der Waals surface area contributed by atoms with Crippen molar-refractivity contribution in [2.75, 3.05) is 18.8 Å². The van der Waals surface area contributed by atoms with Gasteiger partial charge in [-0.05, 0) is 38.8 Å². The summed E-state index contributed by atoms with van der Waals surface area (Å²) in [4.78, 5) is 18.6. The molecule has 122 valence electrons. The molecule has 1 fully saturated rings. The number of benzene rings is 1. The van der Waals surface area contributed by atoms with Gasteiger partial charge in [0, 0.05) is 24.4 Å². The molecule has 0 radical (unpaired) electrons. The smallest absolute Gasteiger partial charge is 0.232 e. The van der Waals surface area contributed by atoms with Crippen molar-refractivity contribution in [1.82, 2.24) is 9.88 Å². The highest BCUT2D eigenvalue weighted by atomic mass is 32.2. The Morgan fingerprint density at radius 1 is 1.30 bits per heavy atom. The van der Waals surface area contributed by atoms with Crippen molar-refractivity contribution in [3.63, 3.8) is 0 Å².